The average Bonchev–Trinajstić information content (AvgIpc) is 2.61. The Kier molecular flexibility index (Phi) is 10.6. The van der Waals surface area contributed by atoms with Gasteiger partial charge in [0.1, 0.15) is 0 Å². The lowest BCUT2D eigenvalue weighted by Gasteiger charge is -2.18. The smallest absolute Gasteiger partial charge is 0.435 e. The molecule has 0 atom stereocenters. The maximum atomic E-state index is 12.6. The van der Waals surface area contributed by atoms with Crippen molar-refractivity contribution in [2.24, 2.45) is 0 Å². The van der Waals surface area contributed by atoms with Crippen LogP contribution in [0.3, 0.4) is 0 Å². The number of ether oxygens (including phenoxy) is 4. The van der Waals surface area contributed by atoms with Gasteiger partial charge in [-0.25, -0.2) is 23.2 Å². The lowest BCUT2D eigenvalue weighted by Crippen LogP contribution is -2.14. The lowest BCUT2D eigenvalue weighted by atomic mass is 10.1. The maximum Gasteiger partial charge on any atom is 0.510 e. The molecule has 0 radical (unpaired) electrons. The van der Waals surface area contributed by atoms with Crippen LogP contribution in [0.5, 0.6) is 0 Å². The van der Waals surface area contributed by atoms with E-state index in [0.29, 0.717) is 0 Å². The predicted molar refractivity (Wildman–Crippen MR) is 88.1 cm³/mol. The summed E-state index contributed by atoms with van der Waals surface area (Å²) in [6.45, 7) is 1.93. The molecular formula is C15H23O10P. The van der Waals surface area contributed by atoms with E-state index < -0.39 is 33.7 Å². The van der Waals surface area contributed by atoms with E-state index in [2.05, 4.69) is 18.9 Å². The number of carbonyl (C=O) groups excluding carboxylic acids is 2. The van der Waals surface area contributed by atoms with Crippen LogP contribution in [0.15, 0.2) is 23.8 Å². The Balaban J connectivity index is 2.52. The third-order valence-electron chi connectivity index (χ3n) is 2.81. The molecule has 11 heteroatoms. The molecule has 0 aromatic rings. The van der Waals surface area contributed by atoms with Gasteiger partial charge in [0.15, 0.2) is 0 Å². The second-order valence-corrected chi connectivity index (χ2v) is 6.33. The Labute approximate surface area is 151 Å². The van der Waals surface area contributed by atoms with E-state index >= 15 is 0 Å². The van der Waals surface area contributed by atoms with Crippen LogP contribution in [0.4, 0.5) is 9.59 Å². The van der Waals surface area contributed by atoms with E-state index in [9.17, 15) is 14.2 Å². The number of rotatable bonds is 11. The third kappa shape index (κ3) is 9.57. The Morgan fingerprint density at radius 1 is 0.962 bits per heavy atom. The van der Waals surface area contributed by atoms with Gasteiger partial charge in [-0.05, 0) is 32.3 Å². The standard InChI is InChI=1S/C15H23O10P/c1-3-19-14(16)21-11-24-26(18,25-12-22-15(17)20-4-2)23-10-13-8-6-5-7-9-13/h5-6,8H,3-4,7,9-12H2,1-2H3. The Bertz CT molecular complexity index is 529. The number of carbonyl (C=O) groups is 2. The highest BCUT2D eigenvalue weighted by Crippen LogP contribution is 2.49. The quantitative estimate of drug-likeness (QED) is 0.292. The van der Waals surface area contributed by atoms with E-state index in [1.54, 1.807) is 13.8 Å². The summed E-state index contributed by atoms with van der Waals surface area (Å²) in [5.41, 5.74) is 0.873. The second-order valence-electron chi connectivity index (χ2n) is 4.66. The van der Waals surface area contributed by atoms with Crippen molar-refractivity contribution in [1.29, 1.82) is 0 Å². The van der Waals surface area contributed by atoms with Gasteiger partial charge < -0.3 is 18.9 Å². The first-order valence-corrected chi connectivity index (χ1v) is 9.42. The van der Waals surface area contributed by atoms with Crippen LogP contribution >= 0.6 is 7.82 Å². The Morgan fingerprint density at radius 3 is 2.00 bits per heavy atom. The molecule has 0 fully saturated rings. The molecule has 0 aromatic carbocycles. The monoisotopic (exact) mass is 394 g/mol. The van der Waals surface area contributed by atoms with Gasteiger partial charge in [-0.1, -0.05) is 18.2 Å². The lowest BCUT2D eigenvalue weighted by molar-refractivity contribution is -0.0362. The topological polar surface area (TPSA) is 116 Å². The molecule has 148 valence electrons. The number of allylic oxidation sites excluding steroid dienone is 3. The van der Waals surface area contributed by atoms with Crippen molar-refractivity contribution < 1.29 is 46.7 Å². The normalized spacial score (nSPS) is 13.7. The highest BCUT2D eigenvalue weighted by Gasteiger charge is 2.29. The van der Waals surface area contributed by atoms with Crippen LogP contribution in [-0.4, -0.2) is 45.7 Å². The molecule has 0 bridgehead atoms. The molecule has 0 spiro atoms. The molecular weight excluding hydrogens is 371 g/mol. The van der Waals surface area contributed by atoms with Crippen molar-refractivity contribution in [1.82, 2.24) is 0 Å². The highest BCUT2D eigenvalue weighted by molar-refractivity contribution is 7.48. The Morgan fingerprint density at radius 2 is 1.54 bits per heavy atom. The fourth-order valence-corrected chi connectivity index (χ4v) is 2.55. The molecule has 1 rings (SSSR count). The van der Waals surface area contributed by atoms with Crippen LogP contribution in [-0.2, 0) is 37.1 Å². The van der Waals surface area contributed by atoms with Gasteiger partial charge in [0.05, 0.1) is 19.8 Å². The molecule has 0 aliphatic heterocycles. The van der Waals surface area contributed by atoms with Gasteiger partial charge in [0.25, 0.3) is 0 Å². The molecule has 10 nitrogen and oxygen atoms in total. The van der Waals surface area contributed by atoms with Crippen molar-refractivity contribution in [2.45, 2.75) is 26.7 Å². The third-order valence-corrected chi connectivity index (χ3v) is 4.10. The first-order chi connectivity index (χ1) is 12.5. The largest absolute Gasteiger partial charge is 0.510 e. The van der Waals surface area contributed by atoms with Crippen LogP contribution in [0.1, 0.15) is 26.7 Å². The van der Waals surface area contributed by atoms with E-state index in [-0.39, 0.29) is 19.8 Å². The zero-order chi connectivity index (χ0) is 19.3. The minimum Gasteiger partial charge on any atom is -0.435 e. The van der Waals surface area contributed by atoms with E-state index in [4.69, 9.17) is 13.6 Å². The summed E-state index contributed by atoms with van der Waals surface area (Å²) >= 11 is 0. The van der Waals surface area contributed by atoms with Gasteiger partial charge in [-0.2, -0.15) is 0 Å². The summed E-state index contributed by atoms with van der Waals surface area (Å²) in [5, 5.41) is 0. The average molecular weight is 394 g/mol. The SMILES string of the molecule is CCOC(=O)OCOP(=O)(OCOC(=O)OCC)OCC1=CC=CCC1. The number of phosphoric ester groups is 1. The molecule has 1 aliphatic rings. The van der Waals surface area contributed by atoms with Gasteiger partial charge in [-0.3, -0.25) is 4.52 Å². The first-order valence-electron chi connectivity index (χ1n) is 7.96. The predicted octanol–water partition coefficient (Wildman–Crippen LogP) is 3.68. The molecule has 0 heterocycles. The molecule has 0 saturated heterocycles. The van der Waals surface area contributed by atoms with E-state index in [1.165, 1.54) is 0 Å². The van der Waals surface area contributed by atoms with Crippen LogP contribution < -0.4 is 0 Å². The molecule has 0 N–H and O–H groups in total. The number of phosphoric acid groups is 1. The molecule has 26 heavy (non-hydrogen) atoms. The van der Waals surface area contributed by atoms with Crippen LogP contribution in [0.25, 0.3) is 0 Å². The van der Waals surface area contributed by atoms with Crippen molar-refractivity contribution in [2.75, 3.05) is 33.4 Å². The summed E-state index contributed by atoms with van der Waals surface area (Å²) in [5.74, 6) is 0. The number of hydrogen-bond donors (Lipinski definition) is 0. The summed E-state index contributed by atoms with van der Waals surface area (Å²) in [6.07, 6.45) is 5.22. The summed E-state index contributed by atoms with van der Waals surface area (Å²) in [6, 6.07) is 0. The Hall–Kier alpha value is -1.87. The molecule has 0 aromatic heterocycles. The number of hydrogen-bond acceptors (Lipinski definition) is 10. The summed E-state index contributed by atoms with van der Waals surface area (Å²) in [4.78, 5) is 22.2. The zero-order valence-electron chi connectivity index (χ0n) is 14.7. The van der Waals surface area contributed by atoms with E-state index in [0.717, 1.165) is 18.4 Å². The minimum atomic E-state index is -4.17. The van der Waals surface area contributed by atoms with E-state index in [1.807, 2.05) is 18.2 Å². The van der Waals surface area contributed by atoms with Crippen molar-refractivity contribution in [3.8, 4) is 0 Å². The molecule has 0 unspecified atom stereocenters. The van der Waals surface area contributed by atoms with Gasteiger partial charge >= 0.3 is 20.1 Å². The van der Waals surface area contributed by atoms with Crippen molar-refractivity contribution >= 4 is 20.1 Å². The molecule has 1 aliphatic carbocycles. The van der Waals surface area contributed by atoms with Gasteiger partial charge in [-0.15, -0.1) is 0 Å². The second kappa shape index (κ2) is 12.5. The van der Waals surface area contributed by atoms with Crippen LogP contribution in [0.2, 0.25) is 0 Å². The fourth-order valence-electron chi connectivity index (χ4n) is 1.64. The highest BCUT2D eigenvalue weighted by atomic mass is 31.2. The fraction of sp³-hybridized carbons (Fsp3) is 0.600. The van der Waals surface area contributed by atoms with Crippen LogP contribution in [0, 0.1) is 0 Å². The summed E-state index contributed by atoms with van der Waals surface area (Å²) < 4.78 is 45.7. The van der Waals surface area contributed by atoms with Gasteiger partial charge in [0.2, 0.25) is 13.6 Å². The molecule has 0 amide bonds. The van der Waals surface area contributed by atoms with Gasteiger partial charge in [0, 0.05) is 0 Å². The maximum absolute atomic E-state index is 12.6. The summed E-state index contributed by atoms with van der Waals surface area (Å²) in [7, 11) is -4.17. The van der Waals surface area contributed by atoms with Crippen molar-refractivity contribution in [3.63, 3.8) is 0 Å². The molecule has 0 saturated carbocycles. The minimum absolute atomic E-state index is 0.0274. The first kappa shape index (κ1) is 22.2. The zero-order valence-corrected chi connectivity index (χ0v) is 15.6. The van der Waals surface area contributed by atoms with Crippen molar-refractivity contribution in [3.05, 3.63) is 23.8 Å².